The van der Waals surface area contributed by atoms with E-state index in [-0.39, 0.29) is 0 Å². The molecule has 1 aliphatic rings. The summed E-state index contributed by atoms with van der Waals surface area (Å²) in [7, 11) is 0. The highest BCUT2D eigenvalue weighted by molar-refractivity contribution is 9.10. The summed E-state index contributed by atoms with van der Waals surface area (Å²) in [5.41, 5.74) is 3.05. The molecule has 1 saturated carbocycles. The molecule has 1 aliphatic carbocycles. The average Bonchev–Trinajstić information content (AvgIpc) is 3.14. The first kappa shape index (κ1) is 11.8. The van der Waals surface area contributed by atoms with Crippen LogP contribution in [0.1, 0.15) is 30.0 Å². The van der Waals surface area contributed by atoms with Crippen molar-refractivity contribution in [3.8, 4) is 0 Å². The van der Waals surface area contributed by atoms with Gasteiger partial charge in [-0.3, -0.25) is 4.98 Å². The Morgan fingerprint density at radius 1 is 1.35 bits per heavy atom. The van der Waals surface area contributed by atoms with Crippen molar-refractivity contribution in [2.45, 2.75) is 24.6 Å². The van der Waals surface area contributed by atoms with Crippen LogP contribution in [-0.2, 0) is 5.88 Å². The fraction of sp³-hybridized carbons (Fsp3) is 0.308. The van der Waals surface area contributed by atoms with E-state index in [0.717, 1.165) is 31.7 Å². The van der Waals surface area contributed by atoms with Crippen LogP contribution in [0.5, 0.6) is 0 Å². The summed E-state index contributed by atoms with van der Waals surface area (Å²) in [5, 5.41) is 1.73. The van der Waals surface area contributed by atoms with E-state index in [4.69, 9.17) is 28.2 Å². The van der Waals surface area contributed by atoms with Gasteiger partial charge < -0.3 is 0 Å². The summed E-state index contributed by atoms with van der Waals surface area (Å²) >= 11 is 15.9. The molecular weight excluding hydrogens is 321 g/mol. The Bertz CT molecular complexity index is 593. The van der Waals surface area contributed by atoms with Crippen molar-refractivity contribution in [3.05, 3.63) is 39.0 Å². The zero-order chi connectivity index (χ0) is 12.0. The van der Waals surface area contributed by atoms with Crippen LogP contribution in [0, 0.1) is 0 Å². The van der Waals surface area contributed by atoms with Gasteiger partial charge in [0.1, 0.15) is 0 Å². The minimum absolute atomic E-state index is 0.431. The summed E-state index contributed by atoms with van der Waals surface area (Å²) in [5.74, 6) is 0.995. The van der Waals surface area contributed by atoms with Crippen LogP contribution in [0.25, 0.3) is 10.9 Å². The number of rotatable bonds is 2. The maximum absolute atomic E-state index is 6.45. The number of aromatic nitrogens is 1. The van der Waals surface area contributed by atoms with Crippen LogP contribution >= 0.6 is 39.1 Å². The molecule has 1 aromatic heterocycles. The third kappa shape index (κ3) is 2.07. The normalized spacial score (nSPS) is 15.5. The van der Waals surface area contributed by atoms with Gasteiger partial charge >= 0.3 is 0 Å². The largest absolute Gasteiger partial charge is 0.252 e. The second-order valence-corrected chi connectivity index (χ2v) is 5.92. The van der Waals surface area contributed by atoms with E-state index >= 15 is 0 Å². The van der Waals surface area contributed by atoms with Gasteiger partial charge in [-0.15, -0.1) is 11.6 Å². The molecule has 0 saturated heterocycles. The van der Waals surface area contributed by atoms with E-state index in [9.17, 15) is 0 Å². The third-order valence-electron chi connectivity index (χ3n) is 3.11. The van der Waals surface area contributed by atoms with Gasteiger partial charge in [0.15, 0.2) is 0 Å². The number of halogens is 3. The molecule has 17 heavy (non-hydrogen) atoms. The lowest BCUT2D eigenvalue weighted by Gasteiger charge is -2.11. The Hall–Kier alpha value is -0.310. The van der Waals surface area contributed by atoms with Crippen molar-refractivity contribution in [2.75, 3.05) is 0 Å². The molecule has 1 aromatic carbocycles. The molecule has 0 amide bonds. The van der Waals surface area contributed by atoms with E-state index in [2.05, 4.69) is 15.9 Å². The Kier molecular flexibility index (Phi) is 3.06. The van der Waals surface area contributed by atoms with Crippen LogP contribution in [0.4, 0.5) is 0 Å². The van der Waals surface area contributed by atoms with E-state index in [1.54, 1.807) is 0 Å². The third-order valence-corrected chi connectivity index (χ3v) is 4.30. The number of benzene rings is 1. The Morgan fingerprint density at radius 3 is 2.76 bits per heavy atom. The number of alkyl halides is 1. The molecule has 4 heteroatoms. The first-order valence-corrected chi connectivity index (χ1v) is 7.24. The molecule has 88 valence electrons. The maximum Gasteiger partial charge on any atom is 0.0721 e. The van der Waals surface area contributed by atoms with Crippen LogP contribution in [0.15, 0.2) is 22.7 Å². The smallest absolute Gasteiger partial charge is 0.0721 e. The highest BCUT2D eigenvalue weighted by atomic mass is 79.9. The first-order valence-electron chi connectivity index (χ1n) is 5.54. The first-order chi connectivity index (χ1) is 8.20. The molecule has 0 atom stereocenters. The number of pyridine rings is 1. The molecular formula is C13H10BrCl2N. The van der Waals surface area contributed by atoms with Crippen molar-refractivity contribution < 1.29 is 0 Å². The van der Waals surface area contributed by atoms with E-state index in [1.807, 2.05) is 18.2 Å². The molecule has 1 fully saturated rings. The van der Waals surface area contributed by atoms with Crippen molar-refractivity contribution in [3.63, 3.8) is 0 Å². The molecule has 1 heterocycles. The predicted octanol–water partition coefficient (Wildman–Crippen LogP) is 5.27. The van der Waals surface area contributed by atoms with Crippen molar-refractivity contribution in [2.24, 2.45) is 0 Å². The zero-order valence-electron chi connectivity index (χ0n) is 9.01. The van der Waals surface area contributed by atoms with Crippen molar-refractivity contribution in [1.29, 1.82) is 0 Å². The SMILES string of the molecule is ClCc1c(C2CC2)nc2ccc(Br)cc2c1Cl. The Balaban J connectivity index is 2.32. The van der Waals surface area contributed by atoms with Gasteiger partial charge in [-0.05, 0) is 31.0 Å². The molecule has 0 radical (unpaired) electrons. The highest BCUT2D eigenvalue weighted by Crippen LogP contribution is 2.44. The number of fused-ring (bicyclic) bond motifs is 1. The quantitative estimate of drug-likeness (QED) is 0.684. The van der Waals surface area contributed by atoms with Gasteiger partial charge in [-0.25, -0.2) is 0 Å². The maximum atomic E-state index is 6.45. The lowest BCUT2D eigenvalue weighted by Crippen LogP contribution is -1.97. The second-order valence-electron chi connectivity index (χ2n) is 4.36. The molecule has 0 unspecified atom stereocenters. The van der Waals surface area contributed by atoms with E-state index in [1.165, 1.54) is 12.8 Å². The van der Waals surface area contributed by atoms with Crippen LogP contribution in [0.3, 0.4) is 0 Å². The van der Waals surface area contributed by atoms with Crippen molar-refractivity contribution >= 4 is 50.0 Å². The van der Waals surface area contributed by atoms with Crippen LogP contribution in [-0.4, -0.2) is 4.98 Å². The van der Waals surface area contributed by atoms with Gasteiger partial charge in [0, 0.05) is 21.3 Å². The topological polar surface area (TPSA) is 12.9 Å². The predicted molar refractivity (Wildman–Crippen MR) is 76.0 cm³/mol. The molecule has 3 rings (SSSR count). The summed E-state index contributed by atoms with van der Waals surface area (Å²) in [4.78, 5) is 4.72. The second kappa shape index (κ2) is 4.42. The van der Waals surface area contributed by atoms with Gasteiger partial charge in [0.2, 0.25) is 0 Å². The highest BCUT2D eigenvalue weighted by Gasteiger charge is 2.29. The van der Waals surface area contributed by atoms with E-state index in [0.29, 0.717) is 11.8 Å². The average molecular weight is 331 g/mol. The molecule has 0 N–H and O–H groups in total. The lowest BCUT2D eigenvalue weighted by molar-refractivity contribution is 1.01. The monoisotopic (exact) mass is 329 g/mol. The minimum Gasteiger partial charge on any atom is -0.252 e. The minimum atomic E-state index is 0.431. The van der Waals surface area contributed by atoms with Gasteiger partial charge in [-0.2, -0.15) is 0 Å². The summed E-state index contributed by atoms with van der Waals surface area (Å²) < 4.78 is 1.01. The van der Waals surface area contributed by atoms with Gasteiger partial charge in [-0.1, -0.05) is 27.5 Å². The summed E-state index contributed by atoms with van der Waals surface area (Å²) in [6.45, 7) is 0. The van der Waals surface area contributed by atoms with Gasteiger partial charge in [0.25, 0.3) is 0 Å². The summed E-state index contributed by atoms with van der Waals surface area (Å²) in [6, 6.07) is 5.98. The summed E-state index contributed by atoms with van der Waals surface area (Å²) in [6.07, 6.45) is 2.41. The standard InChI is InChI=1S/C13H10BrCl2N/c14-8-3-4-11-9(5-8)12(16)10(6-15)13(17-11)7-1-2-7/h3-5,7H,1-2,6H2. The molecule has 0 spiro atoms. The lowest BCUT2D eigenvalue weighted by atomic mass is 10.1. The zero-order valence-corrected chi connectivity index (χ0v) is 12.1. The number of hydrogen-bond acceptors (Lipinski definition) is 1. The Morgan fingerprint density at radius 2 is 2.12 bits per heavy atom. The molecule has 1 nitrogen and oxygen atoms in total. The van der Waals surface area contributed by atoms with Crippen molar-refractivity contribution in [1.82, 2.24) is 4.98 Å². The molecule has 0 aliphatic heterocycles. The van der Waals surface area contributed by atoms with E-state index < -0.39 is 0 Å². The molecule has 2 aromatic rings. The van der Waals surface area contributed by atoms with Gasteiger partial charge in [0.05, 0.1) is 22.1 Å². The van der Waals surface area contributed by atoms with Crippen LogP contribution < -0.4 is 0 Å². The fourth-order valence-corrected chi connectivity index (χ4v) is 3.09. The van der Waals surface area contributed by atoms with Crippen LogP contribution in [0.2, 0.25) is 5.02 Å². The molecule has 0 bridgehead atoms. The number of nitrogens with zero attached hydrogens (tertiary/aromatic N) is 1. The number of hydrogen-bond donors (Lipinski definition) is 0. The Labute approximate surface area is 118 Å². The fourth-order valence-electron chi connectivity index (χ4n) is 2.08.